The van der Waals surface area contributed by atoms with Gasteiger partial charge in [0, 0.05) is 17.6 Å². The molecular weight excluding hydrogens is 382 g/mol. The average molecular weight is 406 g/mol. The summed E-state index contributed by atoms with van der Waals surface area (Å²) in [4.78, 5) is 28.3. The van der Waals surface area contributed by atoms with Crippen LogP contribution in [0.2, 0.25) is 0 Å². The average Bonchev–Trinajstić information content (AvgIpc) is 3.30. The Morgan fingerprint density at radius 1 is 1.26 bits per heavy atom. The van der Waals surface area contributed by atoms with E-state index < -0.39 is 9.84 Å². The lowest BCUT2D eigenvalue weighted by Gasteiger charge is -2.20. The van der Waals surface area contributed by atoms with Crippen LogP contribution in [0.4, 0.5) is 0 Å². The number of hydrogen-bond donors (Lipinski definition) is 0. The van der Waals surface area contributed by atoms with E-state index in [4.69, 9.17) is 0 Å². The molecule has 0 aliphatic heterocycles. The Bertz CT molecular complexity index is 910. The molecule has 1 aliphatic rings. The molecule has 1 aromatic carbocycles. The summed E-state index contributed by atoms with van der Waals surface area (Å²) in [6.45, 7) is 0. The summed E-state index contributed by atoms with van der Waals surface area (Å²) in [5.41, 5.74) is 1.21. The standard InChI is InChI=1S/C20H23NO4S2/c1-27(24,25)17-8-6-15(7-9-17)18(10-14-4-2-3-5-14)19(23)11-20-21-16(12-22)13-26-20/h6-9,12-14,18H,2-5,10-11H2,1H3/t18-/m1/s1. The SMILES string of the molecule is CS(=O)(=O)c1ccc([C@@H](CC2CCCC2)C(=O)Cc2nc(C=O)cs2)cc1. The minimum atomic E-state index is -3.26. The molecule has 0 radical (unpaired) electrons. The zero-order valence-corrected chi connectivity index (χ0v) is 16.9. The van der Waals surface area contributed by atoms with Crippen LogP contribution in [0.15, 0.2) is 34.5 Å². The van der Waals surface area contributed by atoms with Crippen LogP contribution in [0.25, 0.3) is 0 Å². The first kappa shape index (κ1) is 19.9. The third-order valence-electron chi connectivity index (χ3n) is 5.16. The smallest absolute Gasteiger partial charge is 0.175 e. The molecule has 144 valence electrons. The maximum atomic E-state index is 13.0. The molecule has 0 bridgehead atoms. The normalized spacial score (nSPS) is 16.3. The fourth-order valence-electron chi connectivity index (χ4n) is 3.71. The van der Waals surface area contributed by atoms with Crippen molar-refractivity contribution in [3.63, 3.8) is 0 Å². The zero-order chi connectivity index (χ0) is 19.4. The molecule has 2 aromatic rings. The van der Waals surface area contributed by atoms with Crippen LogP contribution < -0.4 is 0 Å². The van der Waals surface area contributed by atoms with Crippen LogP contribution in [-0.4, -0.2) is 31.7 Å². The van der Waals surface area contributed by atoms with Crippen molar-refractivity contribution in [3.05, 3.63) is 45.9 Å². The number of aromatic nitrogens is 1. The van der Waals surface area contributed by atoms with Crippen molar-refractivity contribution < 1.29 is 18.0 Å². The fourth-order valence-corrected chi connectivity index (χ4v) is 5.09. The molecule has 1 heterocycles. The Labute approximate surface area is 163 Å². The number of hydrogen-bond acceptors (Lipinski definition) is 6. The topological polar surface area (TPSA) is 81.2 Å². The number of ketones is 1. The van der Waals surface area contributed by atoms with Crippen molar-refractivity contribution in [2.45, 2.75) is 49.3 Å². The monoisotopic (exact) mass is 405 g/mol. The number of Topliss-reactive ketones (excluding diaryl/α,β-unsaturated/α-hetero) is 1. The van der Waals surface area contributed by atoms with Gasteiger partial charge in [0.1, 0.15) is 16.5 Å². The molecule has 0 saturated heterocycles. The maximum absolute atomic E-state index is 13.0. The fraction of sp³-hybridized carbons (Fsp3) is 0.450. The van der Waals surface area contributed by atoms with E-state index in [1.165, 1.54) is 30.4 Å². The first-order valence-electron chi connectivity index (χ1n) is 9.09. The van der Waals surface area contributed by atoms with Crippen LogP contribution in [0.3, 0.4) is 0 Å². The first-order chi connectivity index (χ1) is 12.9. The van der Waals surface area contributed by atoms with Gasteiger partial charge in [-0.2, -0.15) is 0 Å². The Balaban J connectivity index is 1.83. The highest BCUT2D eigenvalue weighted by atomic mass is 32.2. The predicted molar refractivity (Wildman–Crippen MR) is 105 cm³/mol. The summed E-state index contributed by atoms with van der Waals surface area (Å²) in [6.07, 6.45) is 7.52. The molecule has 3 rings (SSSR count). The van der Waals surface area contributed by atoms with Crippen molar-refractivity contribution in [2.24, 2.45) is 5.92 Å². The molecule has 1 aromatic heterocycles. The van der Waals surface area contributed by atoms with Gasteiger partial charge in [-0.05, 0) is 30.0 Å². The van der Waals surface area contributed by atoms with E-state index in [2.05, 4.69) is 4.98 Å². The maximum Gasteiger partial charge on any atom is 0.175 e. The second-order valence-electron chi connectivity index (χ2n) is 7.21. The van der Waals surface area contributed by atoms with Gasteiger partial charge in [0.25, 0.3) is 0 Å². The molecule has 0 amide bonds. The number of aldehydes is 1. The van der Waals surface area contributed by atoms with Gasteiger partial charge in [-0.3, -0.25) is 9.59 Å². The number of rotatable bonds is 8. The van der Waals surface area contributed by atoms with E-state index in [-0.39, 0.29) is 23.0 Å². The minimum Gasteiger partial charge on any atom is -0.299 e. The summed E-state index contributed by atoms with van der Waals surface area (Å²) in [5.74, 6) is 0.321. The van der Waals surface area contributed by atoms with Crippen molar-refractivity contribution in [3.8, 4) is 0 Å². The predicted octanol–water partition coefficient (Wildman–Crippen LogP) is 3.83. The van der Waals surface area contributed by atoms with Crippen LogP contribution in [0, 0.1) is 5.92 Å². The number of carbonyl (C=O) groups excluding carboxylic acids is 2. The lowest BCUT2D eigenvalue weighted by molar-refractivity contribution is -0.120. The highest BCUT2D eigenvalue weighted by Crippen LogP contribution is 2.35. The van der Waals surface area contributed by atoms with Gasteiger partial charge in [-0.15, -0.1) is 11.3 Å². The van der Waals surface area contributed by atoms with Crippen molar-refractivity contribution in [1.29, 1.82) is 0 Å². The van der Waals surface area contributed by atoms with Gasteiger partial charge in [0.15, 0.2) is 16.1 Å². The number of carbonyl (C=O) groups is 2. The van der Waals surface area contributed by atoms with E-state index in [0.29, 0.717) is 22.9 Å². The summed E-state index contributed by atoms with van der Waals surface area (Å²) >= 11 is 1.32. The molecule has 0 N–H and O–H groups in total. The Morgan fingerprint density at radius 2 is 1.93 bits per heavy atom. The summed E-state index contributed by atoms with van der Waals surface area (Å²) in [7, 11) is -3.26. The van der Waals surface area contributed by atoms with E-state index in [1.807, 2.05) is 0 Å². The van der Waals surface area contributed by atoms with Crippen LogP contribution in [-0.2, 0) is 21.1 Å². The van der Waals surface area contributed by atoms with E-state index in [1.54, 1.807) is 29.6 Å². The minimum absolute atomic E-state index is 0.0702. The highest BCUT2D eigenvalue weighted by Gasteiger charge is 2.27. The third-order valence-corrected chi connectivity index (χ3v) is 7.15. The highest BCUT2D eigenvalue weighted by molar-refractivity contribution is 7.90. The number of thiazole rings is 1. The lowest BCUT2D eigenvalue weighted by Crippen LogP contribution is -2.18. The van der Waals surface area contributed by atoms with E-state index >= 15 is 0 Å². The third kappa shape index (κ3) is 5.11. The molecule has 1 aliphatic carbocycles. The molecule has 1 atom stereocenters. The largest absolute Gasteiger partial charge is 0.299 e. The summed E-state index contributed by atoms with van der Waals surface area (Å²) in [5, 5.41) is 2.30. The Hall–Kier alpha value is -1.86. The number of nitrogens with zero attached hydrogens (tertiary/aromatic N) is 1. The summed E-state index contributed by atoms with van der Waals surface area (Å²) in [6, 6.07) is 6.67. The second kappa shape index (κ2) is 8.44. The van der Waals surface area contributed by atoms with Gasteiger partial charge in [-0.1, -0.05) is 37.8 Å². The van der Waals surface area contributed by atoms with Crippen LogP contribution in [0.5, 0.6) is 0 Å². The van der Waals surface area contributed by atoms with Gasteiger partial charge in [-0.25, -0.2) is 13.4 Å². The molecule has 7 heteroatoms. The van der Waals surface area contributed by atoms with Crippen molar-refractivity contribution >= 4 is 33.2 Å². The molecule has 1 saturated carbocycles. The van der Waals surface area contributed by atoms with Gasteiger partial charge >= 0.3 is 0 Å². The quantitative estimate of drug-likeness (QED) is 0.624. The second-order valence-corrected chi connectivity index (χ2v) is 10.2. The van der Waals surface area contributed by atoms with Gasteiger partial charge in [0.05, 0.1) is 11.3 Å². The van der Waals surface area contributed by atoms with Crippen molar-refractivity contribution in [1.82, 2.24) is 4.98 Å². The Kier molecular flexibility index (Phi) is 6.22. The molecule has 27 heavy (non-hydrogen) atoms. The van der Waals surface area contributed by atoms with Crippen molar-refractivity contribution in [2.75, 3.05) is 6.26 Å². The molecule has 0 unspecified atom stereocenters. The number of benzene rings is 1. The molecule has 1 fully saturated rings. The molecule has 5 nitrogen and oxygen atoms in total. The van der Waals surface area contributed by atoms with Crippen LogP contribution >= 0.6 is 11.3 Å². The van der Waals surface area contributed by atoms with E-state index in [9.17, 15) is 18.0 Å². The van der Waals surface area contributed by atoms with Crippen LogP contribution in [0.1, 0.15) is 59.1 Å². The van der Waals surface area contributed by atoms with E-state index in [0.717, 1.165) is 24.8 Å². The first-order valence-corrected chi connectivity index (χ1v) is 11.9. The van der Waals surface area contributed by atoms with Gasteiger partial charge in [0.2, 0.25) is 0 Å². The lowest BCUT2D eigenvalue weighted by atomic mass is 9.84. The Morgan fingerprint density at radius 3 is 2.48 bits per heavy atom. The zero-order valence-electron chi connectivity index (χ0n) is 15.3. The number of sulfone groups is 1. The summed E-state index contributed by atoms with van der Waals surface area (Å²) < 4.78 is 23.4. The molecule has 0 spiro atoms. The van der Waals surface area contributed by atoms with Gasteiger partial charge < -0.3 is 0 Å². The molecular formula is C20H23NO4S2.